The summed E-state index contributed by atoms with van der Waals surface area (Å²) in [5.74, 6) is -0.645. The Kier molecular flexibility index (Phi) is 3.44. The molecule has 0 aliphatic carbocycles. The number of ether oxygens (including phenoxy) is 2. The molecule has 0 radical (unpaired) electrons. The van der Waals surface area contributed by atoms with Crippen LogP contribution in [-0.2, 0) is 4.79 Å². The molecule has 3 heterocycles. The lowest BCUT2D eigenvalue weighted by Crippen LogP contribution is -2.36. The lowest BCUT2D eigenvalue weighted by atomic mass is 9.84. The zero-order valence-electron chi connectivity index (χ0n) is 13.4. The highest BCUT2D eigenvalue weighted by atomic mass is 32.2. The summed E-state index contributed by atoms with van der Waals surface area (Å²) in [7, 11) is 0. The number of thioether (sulfide) groups is 1. The lowest BCUT2D eigenvalue weighted by molar-refractivity contribution is -0.117. The number of nitrogens with zero attached hydrogens (tertiary/aromatic N) is 1. The maximum atomic E-state index is 15.7. The molecule has 0 spiro atoms. The second kappa shape index (κ2) is 5.32. The molecule has 0 aromatic heterocycles. The van der Waals surface area contributed by atoms with Crippen LogP contribution in [0.3, 0.4) is 0 Å². The predicted molar refractivity (Wildman–Crippen MR) is 90.0 cm³/mol. The molecule has 1 aromatic rings. The van der Waals surface area contributed by atoms with Gasteiger partial charge in [0, 0.05) is 16.0 Å². The molecule has 3 aliphatic rings. The van der Waals surface area contributed by atoms with Gasteiger partial charge in [0.15, 0.2) is 17.2 Å². The number of benzene rings is 1. The van der Waals surface area contributed by atoms with Gasteiger partial charge in [-0.25, -0.2) is 8.78 Å². The summed E-state index contributed by atoms with van der Waals surface area (Å²) in [5.41, 5.74) is 3.83. The Morgan fingerprint density at radius 3 is 2.84 bits per heavy atom. The van der Waals surface area contributed by atoms with Crippen LogP contribution >= 0.6 is 11.8 Å². The summed E-state index contributed by atoms with van der Waals surface area (Å²) in [6.45, 7) is 2.99. The molecule has 4 rings (SSSR count). The van der Waals surface area contributed by atoms with Gasteiger partial charge in [0.25, 0.3) is 0 Å². The Morgan fingerprint density at radius 2 is 2.12 bits per heavy atom. The number of rotatable bonds is 2. The summed E-state index contributed by atoms with van der Waals surface area (Å²) in [6.07, 6.45) is 0. The van der Waals surface area contributed by atoms with E-state index < -0.39 is 22.7 Å². The first-order valence-corrected chi connectivity index (χ1v) is 8.44. The molecule has 2 N–H and O–H groups in total. The zero-order valence-corrected chi connectivity index (χ0v) is 14.2. The highest BCUT2D eigenvalue weighted by molar-refractivity contribution is 8.05. The van der Waals surface area contributed by atoms with E-state index in [0.29, 0.717) is 27.7 Å². The summed E-state index contributed by atoms with van der Waals surface area (Å²) in [5, 5.41) is -1.22. The SMILES string of the molecule is CC1=C2SC(C(N)=O)C(F)=C2C(C)(F)C(c2ccc3c(c2)OCO3)=N1. The number of halogens is 2. The molecule has 3 aliphatic heterocycles. The van der Waals surface area contributed by atoms with Gasteiger partial charge in [0.2, 0.25) is 12.7 Å². The van der Waals surface area contributed by atoms with Crippen molar-refractivity contribution in [1.82, 2.24) is 0 Å². The predicted octanol–water partition coefficient (Wildman–Crippen LogP) is 3.00. The molecule has 130 valence electrons. The molecule has 0 saturated heterocycles. The van der Waals surface area contributed by atoms with Gasteiger partial charge in [-0.1, -0.05) is 0 Å². The molecule has 2 atom stereocenters. The molecule has 0 saturated carbocycles. The first-order chi connectivity index (χ1) is 11.8. The van der Waals surface area contributed by atoms with Gasteiger partial charge in [0.05, 0.1) is 11.4 Å². The second-order valence-electron chi connectivity index (χ2n) is 6.07. The standard InChI is InChI=1S/C17H14F2N2O3S/c1-7-13-11(12(18)14(25-13)16(20)22)17(2,19)15(21-7)8-3-4-9-10(5-8)24-6-23-9/h3-5,14H,6H2,1-2H3,(H2,20,22). The highest BCUT2D eigenvalue weighted by Crippen LogP contribution is 2.53. The van der Waals surface area contributed by atoms with E-state index in [0.717, 1.165) is 11.8 Å². The average Bonchev–Trinajstić information content (AvgIpc) is 3.15. The zero-order chi connectivity index (χ0) is 17.9. The van der Waals surface area contributed by atoms with Crippen LogP contribution in [0.25, 0.3) is 0 Å². The Balaban J connectivity index is 1.86. The quantitative estimate of drug-likeness (QED) is 0.875. The van der Waals surface area contributed by atoms with E-state index in [1.165, 1.54) is 6.92 Å². The van der Waals surface area contributed by atoms with Gasteiger partial charge in [-0.15, -0.1) is 11.8 Å². The highest BCUT2D eigenvalue weighted by Gasteiger charge is 2.50. The number of amides is 1. The van der Waals surface area contributed by atoms with E-state index in [1.807, 2.05) is 0 Å². The van der Waals surface area contributed by atoms with Crippen LogP contribution in [0.4, 0.5) is 8.78 Å². The molecule has 1 aromatic carbocycles. The minimum absolute atomic E-state index is 0.0583. The van der Waals surface area contributed by atoms with Gasteiger partial charge >= 0.3 is 0 Å². The Hall–Kier alpha value is -2.35. The van der Waals surface area contributed by atoms with E-state index >= 15 is 4.39 Å². The van der Waals surface area contributed by atoms with Crippen molar-refractivity contribution >= 4 is 23.4 Å². The first-order valence-electron chi connectivity index (χ1n) is 7.56. The third kappa shape index (κ3) is 2.27. The van der Waals surface area contributed by atoms with Crippen molar-refractivity contribution in [3.8, 4) is 11.5 Å². The van der Waals surface area contributed by atoms with Gasteiger partial charge in [-0.05, 0) is 32.0 Å². The van der Waals surface area contributed by atoms with Crippen molar-refractivity contribution in [2.24, 2.45) is 10.7 Å². The van der Waals surface area contributed by atoms with Gasteiger partial charge in [-0.3, -0.25) is 9.79 Å². The molecule has 0 bridgehead atoms. The van der Waals surface area contributed by atoms with E-state index in [1.54, 1.807) is 25.1 Å². The number of fused-ring (bicyclic) bond motifs is 2. The van der Waals surface area contributed by atoms with E-state index in [9.17, 15) is 9.18 Å². The summed E-state index contributed by atoms with van der Waals surface area (Å²) >= 11 is 0.903. The summed E-state index contributed by atoms with van der Waals surface area (Å²) in [4.78, 5) is 16.1. The van der Waals surface area contributed by atoms with Crippen LogP contribution < -0.4 is 15.2 Å². The van der Waals surface area contributed by atoms with Gasteiger partial charge in [-0.2, -0.15) is 0 Å². The molecule has 8 heteroatoms. The number of hydrogen-bond acceptors (Lipinski definition) is 5. The average molecular weight is 364 g/mol. The van der Waals surface area contributed by atoms with Crippen LogP contribution in [0, 0.1) is 0 Å². The topological polar surface area (TPSA) is 73.9 Å². The van der Waals surface area contributed by atoms with Crippen LogP contribution in [0.1, 0.15) is 19.4 Å². The van der Waals surface area contributed by atoms with Crippen LogP contribution in [0.2, 0.25) is 0 Å². The monoisotopic (exact) mass is 364 g/mol. The van der Waals surface area contributed by atoms with Crippen molar-refractivity contribution in [3.63, 3.8) is 0 Å². The summed E-state index contributed by atoms with van der Waals surface area (Å²) < 4.78 is 41.0. The molecular formula is C17H14F2N2O3S. The number of alkyl halides is 1. The normalized spacial score (nSPS) is 27.5. The smallest absolute Gasteiger partial charge is 0.237 e. The number of hydrogen-bond donors (Lipinski definition) is 1. The van der Waals surface area contributed by atoms with Crippen LogP contribution in [-0.4, -0.2) is 29.3 Å². The fourth-order valence-corrected chi connectivity index (χ4v) is 4.37. The third-order valence-corrected chi connectivity index (χ3v) is 5.77. The maximum absolute atomic E-state index is 15.7. The molecule has 25 heavy (non-hydrogen) atoms. The van der Waals surface area contributed by atoms with Crippen LogP contribution in [0.5, 0.6) is 11.5 Å². The van der Waals surface area contributed by atoms with Crippen molar-refractivity contribution in [2.45, 2.75) is 24.8 Å². The molecule has 1 amide bonds. The number of primary amides is 1. The van der Waals surface area contributed by atoms with Crippen molar-refractivity contribution in [2.75, 3.05) is 6.79 Å². The number of allylic oxidation sites excluding steroid dienone is 2. The van der Waals surface area contributed by atoms with E-state index in [2.05, 4.69) is 4.99 Å². The van der Waals surface area contributed by atoms with Gasteiger partial charge in [0.1, 0.15) is 11.1 Å². The first kappa shape index (κ1) is 16.1. The number of aliphatic imine (C=N–C) groups is 1. The number of carbonyl (C=O) groups is 1. The molecular weight excluding hydrogens is 350 g/mol. The lowest BCUT2D eigenvalue weighted by Gasteiger charge is -2.29. The van der Waals surface area contributed by atoms with E-state index in [4.69, 9.17) is 15.2 Å². The Labute approximate surface area is 146 Å². The van der Waals surface area contributed by atoms with E-state index in [-0.39, 0.29) is 18.1 Å². The fourth-order valence-electron chi connectivity index (χ4n) is 3.18. The minimum Gasteiger partial charge on any atom is -0.454 e. The van der Waals surface area contributed by atoms with Crippen molar-refractivity contribution in [3.05, 3.63) is 45.8 Å². The fraction of sp³-hybridized carbons (Fsp3) is 0.294. The number of carbonyl (C=O) groups excluding carboxylic acids is 1. The minimum atomic E-state index is -2.20. The second-order valence-corrected chi connectivity index (χ2v) is 7.18. The van der Waals surface area contributed by atoms with Crippen LogP contribution in [0.15, 0.2) is 45.2 Å². The van der Waals surface area contributed by atoms with Gasteiger partial charge < -0.3 is 15.2 Å². The molecule has 5 nitrogen and oxygen atoms in total. The molecule has 2 unspecified atom stereocenters. The Morgan fingerprint density at radius 1 is 1.40 bits per heavy atom. The number of nitrogens with two attached hydrogens (primary N) is 1. The largest absolute Gasteiger partial charge is 0.454 e. The molecule has 0 fully saturated rings. The third-order valence-electron chi connectivity index (χ3n) is 4.36. The Bertz CT molecular complexity index is 905. The van der Waals surface area contributed by atoms with Crippen molar-refractivity contribution in [1.29, 1.82) is 0 Å². The maximum Gasteiger partial charge on any atom is 0.237 e. The van der Waals surface area contributed by atoms with Crippen molar-refractivity contribution < 1.29 is 23.0 Å². The summed E-state index contributed by atoms with van der Waals surface area (Å²) in [6, 6.07) is 4.92.